The molecule has 4 bridgehead atoms. The highest BCUT2D eigenvalue weighted by Crippen LogP contribution is 2.53. The lowest BCUT2D eigenvalue weighted by Crippen LogP contribution is -2.56. The summed E-state index contributed by atoms with van der Waals surface area (Å²) >= 11 is 0. The van der Waals surface area contributed by atoms with E-state index in [-0.39, 0.29) is 18.6 Å². The molecular weight excluding hydrogens is 346 g/mol. The first-order valence-electron chi connectivity index (χ1n) is 10.0. The Morgan fingerprint density at radius 3 is 2.33 bits per heavy atom. The standard InChI is InChI=1S/C21H25NO5/c23-19(22-20-15-6-12-5-13(8-15)9-16(20)7-12)11-27-21(24)14-1-2-17-18(10-14)26-4-3-25-17/h1-2,10,12-13,15-16,20H,3-9,11H2,(H,22,23). The van der Waals surface area contributed by atoms with Crippen LogP contribution in [0.15, 0.2) is 18.2 Å². The molecule has 0 spiro atoms. The van der Waals surface area contributed by atoms with Crippen molar-refractivity contribution < 1.29 is 23.8 Å². The minimum absolute atomic E-state index is 0.196. The van der Waals surface area contributed by atoms with Gasteiger partial charge < -0.3 is 19.5 Å². The molecule has 4 aliphatic carbocycles. The van der Waals surface area contributed by atoms with Crippen LogP contribution in [0.25, 0.3) is 0 Å². The second kappa shape index (κ2) is 6.73. The van der Waals surface area contributed by atoms with Gasteiger partial charge in [-0.25, -0.2) is 4.79 Å². The molecule has 0 unspecified atom stereocenters. The molecule has 4 fully saturated rings. The maximum atomic E-state index is 12.4. The number of carbonyl (C=O) groups is 2. The monoisotopic (exact) mass is 371 g/mol. The molecule has 0 radical (unpaired) electrons. The summed E-state index contributed by atoms with van der Waals surface area (Å²) in [5, 5.41) is 3.16. The average molecular weight is 371 g/mol. The Morgan fingerprint density at radius 2 is 1.63 bits per heavy atom. The van der Waals surface area contributed by atoms with E-state index in [2.05, 4.69) is 5.32 Å². The lowest BCUT2D eigenvalue weighted by molar-refractivity contribution is -0.128. The molecule has 4 saturated carbocycles. The first-order chi connectivity index (χ1) is 13.2. The minimum Gasteiger partial charge on any atom is -0.486 e. The third-order valence-electron chi connectivity index (χ3n) is 6.67. The van der Waals surface area contributed by atoms with E-state index in [9.17, 15) is 9.59 Å². The Morgan fingerprint density at radius 1 is 0.963 bits per heavy atom. The SMILES string of the molecule is O=C(COC(=O)c1ccc2c(c1)OCCO2)NC1C2CC3CC(C2)CC1C3. The molecule has 1 aromatic rings. The van der Waals surface area contributed by atoms with E-state index in [1.165, 1.54) is 32.1 Å². The van der Waals surface area contributed by atoms with Crippen LogP contribution in [0.2, 0.25) is 0 Å². The van der Waals surface area contributed by atoms with Crippen LogP contribution in [0.4, 0.5) is 0 Å². The van der Waals surface area contributed by atoms with E-state index in [0.29, 0.717) is 42.1 Å². The van der Waals surface area contributed by atoms with E-state index in [1.54, 1.807) is 18.2 Å². The number of amides is 1. The van der Waals surface area contributed by atoms with Gasteiger partial charge in [0.05, 0.1) is 5.56 Å². The van der Waals surface area contributed by atoms with E-state index < -0.39 is 5.97 Å². The zero-order chi connectivity index (χ0) is 18.4. The summed E-state index contributed by atoms with van der Waals surface area (Å²) in [6.07, 6.45) is 6.37. The van der Waals surface area contributed by atoms with Crippen LogP contribution >= 0.6 is 0 Å². The zero-order valence-electron chi connectivity index (χ0n) is 15.3. The van der Waals surface area contributed by atoms with Crippen molar-refractivity contribution in [3.63, 3.8) is 0 Å². The van der Waals surface area contributed by atoms with Crippen molar-refractivity contribution in [1.82, 2.24) is 5.32 Å². The Hall–Kier alpha value is -2.24. The molecule has 6 heteroatoms. The number of benzene rings is 1. The number of hydrogen-bond acceptors (Lipinski definition) is 5. The van der Waals surface area contributed by atoms with Crippen LogP contribution in [0, 0.1) is 23.7 Å². The van der Waals surface area contributed by atoms with Gasteiger partial charge in [0.2, 0.25) is 0 Å². The van der Waals surface area contributed by atoms with Gasteiger partial charge in [0.25, 0.3) is 5.91 Å². The summed E-state index contributed by atoms with van der Waals surface area (Å²) in [5.74, 6) is 3.40. The van der Waals surface area contributed by atoms with Gasteiger partial charge in [-0.05, 0) is 74.0 Å². The first-order valence-corrected chi connectivity index (χ1v) is 10.0. The Kier molecular flexibility index (Phi) is 4.21. The number of rotatable bonds is 4. The largest absolute Gasteiger partial charge is 0.486 e. The maximum Gasteiger partial charge on any atom is 0.338 e. The fourth-order valence-electron chi connectivity index (χ4n) is 5.77. The molecule has 6 nitrogen and oxygen atoms in total. The maximum absolute atomic E-state index is 12.4. The van der Waals surface area contributed by atoms with Gasteiger partial charge in [-0.1, -0.05) is 0 Å². The third-order valence-corrected chi connectivity index (χ3v) is 6.67. The molecule has 0 aromatic heterocycles. The van der Waals surface area contributed by atoms with Crippen molar-refractivity contribution in [1.29, 1.82) is 0 Å². The van der Waals surface area contributed by atoms with E-state index in [4.69, 9.17) is 14.2 Å². The quantitative estimate of drug-likeness (QED) is 0.824. The smallest absolute Gasteiger partial charge is 0.338 e. The van der Waals surface area contributed by atoms with Crippen molar-refractivity contribution >= 4 is 11.9 Å². The Labute approximate surface area is 158 Å². The normalized spacial score (nSPS) is 32.8. The van der Waals surface area contributed by atoms with Gasteiger partial charge in [0.15, 0.2) is 18.1 Å². The molecule has 27 heavy (non-hydrogen) atoms. The highest BCUT2D eigenvalue weighted by atomic mass is 16.6. The number of esters is 1. The molecule has 6 rings (SSSR count). The third kappa shape index (κ3) is 3.26. The fourth-order valence-corrected chi connectivity index (χ4v) is 5.77. The molecular formula is C21H25NO5. The molecule has 1 amide bonds. The van der Waals surface area contributed by atoms with Crippen LogP contribution in [0.1, 0.15) is 42.5 Å². The molecule has 0 atom stereocenters. The molecule has 1 N–H and O–H groups in total. The van der Waals surface area contributed by atoms with Gasteiger partial charge >= 0.3 is 5.97 Å². The minimum atomic E-state index is -0.521. The fraction of sp³-hybridized carbons (Fsp3) is 0.619. The molecule has 0 saturated heterocycles. The van der Waals surface area contributed by atoms with Gasteiger partial charge in [0.1, 0.15) is 13.2 Å². The molecule has 5 aliphatic rings. The number of hydrogen-bond donors (Lipinski definition) is 1. The molecule has 1 heterocycles. The number of carbonyl (C=O) groups excluding carboxylic acids is 2. The predicted octanol–water partition coefficient (Wildman–Crippen LogP) is 2.56. The topological polar surface area (TPSA) is 73.9 Å². The predicted molar refractivity (Wildman–Crippen MR) is 96.7 cm³/mol. The summed E-state index contributed by atoms with van der Waals surface area (Å²) < 4.78 is 16.2. The van der Waals surface area contributed by atoms with Crippen molar-refractivity contribution in [2.75, 3.05) is 19.8 Å². The zero-order valence-corrected chi connectivity index (χ0v) is 15.3. The van der Waals surface area contributed by atoms with Crippen LogP contribution in [0.5, 0.6) is 11.5 Å². The number of ether oxygens (including phenoxy) is 3. The second-order valence-electron chi connectivity index (χ2n) is 8.46. The summed E-state index contributed by atoms with van der Waals surface area (Å²) in [5.41, 5.74) is 0.363. The van der Waals surface area contributed by atoms with Crippen molar-refractivity contribution in [3.8, 4) is 11.5 Å². The summed E-state index contributed by atoms with van der Waals surface area (Å²) in [6.45, 7) is 0.719. The Balaban J connectivity index is 1.16. The van der Waals surface area contributed by atoms with Crippen molar-refractivity contribution in [3.05, 3.63) is 23.8 Å². The van der Waals surface area contributed by atoms with Crippen molar-refractivity contribution in [2.45, 2.75) is 38.1 Å². The van der Waals surface area contributed by atoms with Crippen LogP contribution < -0.4 is 14.8 Å². The van der Waals surface area contributed by atoms with Gasteiger partial charge in [-0.2, -0.15) is 0 Å². The van der Waals surface area contributed by atoms with Crippen LogP contribution in [-0.4, -0.2) is 37.7 Å². The second-order valence-corrected chi connectivity index (χ2v) is 8.46. The van der Waals surface area contributed by atoms with Gasteiger partial charge in [0, 0.05) is 6.04 Å². The summed E-state index contributed by atoms with van der Waals surface area (Å²) in [6, 6.07) is 5.19. The van der Waals surface area contributed by atoms with Crippen molar-refractivity contribution in [2.24, 2.45) is 23.7 Å². The summed E-state index contributed by atoms with van der Waals surface area (Å²) in [7, 11) is 0. The summed E-state index contributed by atoms with van der Waals surface area (Å²) in [4.78, 5) is 24.6. The lowest BCUT2D eigenvalue weighted by Gasteiger charge is -2.54. The average Bonchev–Trinajstić information content (AvgIpc) is 2.68. The molecule has 1 aromatic carbocycles. The van der Waals surface area contributed by atoms with E-state index in [0.717, 1.165) is 11.8 Å². The highest BCUT2D eigenvalue weighted by Gasteiger charge is 2.48. The first kappa shape index (κ1) is 16.9. The highest BCUT2D eigenvalue weighted by molar-refractivity contribution is 5.92. The Bertz CT molecular complexity index is 733. The van der Waals surface area contributed by atoms with E-state index >= 15 is 0 Å². The van der Waals surface area contributed by atoms with Gasteiger partial charge in [-0.15, -0.1) is 0 Å². The van der Waals surface area contributed by atoms with E-state index in [1.807, 2.05) is 0 Å². The molecule has 144 valence electrons. The molecule has 1 aliphatic heterocycles. The van der Waals surface area contributed by atoms with Crippen LogP contribution in [0.3, 0.4) is 0 Å². The number of fused-ring (bicyclic) bond motifs is 1. The number of nitrogens with one attached hydrogen (secondary N) is 1. The lowest BCUT2D eigenvalue weighted by atomic mass is 9.54. The van der Waals surface area contributed by atoms with Crippen LogP contribution in [-0.2, 0) is 9.53 Å². The van der Waals surface area contributed by atoms with Gasteiger partial charge in [-0.3, -0.25) is 4.79 Å².